The summed E-state index contributed by atoms with van der Waals surface area (Å²) in [6, 6.07) is 0. The zero-order chi connectivity index (χ0) is 11.0. The Kier molecular flexibility index (Phi) is 8.20. The van der Waals surface area contributed by atoms with E-state index in [9.17, 15) is 0 Å². The van der Waals surface area contributed by atoms with E-state index < -0.39 is 0 Å². The summed E-state index contributed by atoms with van der Waals surface area (Å²) in [6.45, 7) is 11.7. The molecule has 0 aliphatic heterocycles. The molecule has 0 spiro atoms. The minimum absolute atomic E-state index is 0.859. The van der Waals surface area contributed by atoms with Gasteiger partial charge in [-0.05, 0) is 59.0 Å². The van der Waals surface area contributed by atoms with Crippen molar-refractivity contribution in [3.63, 3.8) is 0 Å². The monoisotopic (exact) mass is 200 g/mol. The van der Waals surface area contributed by atoms with Gasteiger partial charge in [-0.25, -0.2) is 0 Å². The summed E-state index contributed by atoms with van der Waals surface area (Å²) in [4.78, 5) is 4.78. The van der Waals surface area contributed by atoms with Gasteiger partial charge in [0, 0.05) is 0 Å². The molecule has 1 atom stereocenters. The van der Waals surface area contributed by atoms with Crippen LogP contribution in [0.15, 0.2) is 0 Å². The largest absolute Gasteiger partial charge is 0.309 e. The van der Waals surface area contributed by atoms with E-state index in [0.29, 0.717) is 0 Å². The van der Waals surface area contributed by atoms with E-state index in [1.807, 2.05) is 0 Å². The summed E-state index contributed by atoms with van der Waals surface area (Å²) in [7, 11) is 4.30. The molecule has 0 rings (SSSR count). The first-order valence-corrected chi connectivity index (χ1v) is 5.97. The maximum atomic E-state index is 2.51. The molecule has 86 valence electrons. The summed E-state index contributed by atoms with van der Waals surface area (Å²) >= 11 is 0. The predicted octanol–water partition coefficient (Wildman–Crippen LogP) is 2.31. The van der Waals surface area contributed by atoms with Crippen molar-refractivity contribution in [2.75, 3.05) is 40.3 Å². The van der Waals surface area contributed by atoms with Crippen molar-refractivity contribution in [3.8, 4) is 0 Å². The van der Waals surface area contributed by atoms with Crippen molar-refractivity contribution in [1.82, 2.24) is 9.80 Å². The van der Waals surface area contributed by atoms with Crippen LogP contribution in [0.4, 0.5) is 0 Å². The lowest BCUT2D eigenvalue weighted by atomic mass is 10.0. The molecule has 14 heavy (non-hydrogen) atoms. The molecule has 0 saturated carbocycles. The third kappa shape index (κ3) is 7.34. The summed E-state index contributed by atoms with van der Waals surface area (Å²) in [5.74, 6) is 0.859. The second-order valence-electron chi connectivity index (χ2n) is 4.51. The summed E-state index contributed by atoms with van der Waals surface area (Å²) in [5, 5.41) is 0. The van der Waals surface area contributed by atoms with E-state index in [1.54, 1.807) is 0 Å². The molecule has 0 aliphatic rings. The third-order valence-electron chi connectivity index (χ3n) is 2.90. The smallest absolute Gasteiger partial charge is 0.00164 e. The first-order chi connectivity index (χ1) is 6.60. The molecule has 2 nitrogen and oxygen atoms in total. The Morgan fingerprint density at radius 3 is 1.86 bits per heavy atom. The number of hydrogen-bond acceptors (Lipinski definition) is 2. The lowest BCUT2D eigenvalue weighted by molar-refractivity contribution is 0.266. The van der Waals surface area contributed by atoms with Gasteiger partial charge in [-0.1, -0.05) is 20.8 Å². The zero-order valence-electron chi connectivity index (χ0n) is 10.7. The number of hydrogen-bond donors (Lipinski definition) is 0. The van der Waals surface area contributed by atoms with Crippen LogP contribution in [-0.4, -0.2) is 50.1 Å². The average Bonchev–Trinajstić information content (AvgIpc) is 2.16. The molecule has 2 heteroatoms. The molecular formula is C12H28N2. The van der Waals surface area contributed by atoms with Crippen molar-refractivity contribution in [2.45, 2.75) is 33.6 Å². The van der Waals surface area contributed by atoms with E-state index >= 15 is 0 Å². The van der Waals surface area contributed by atoms with E-state index in [0.717, 1.165) is 5.92 Å². The minimum Gasteiger partial charge on any atom is -0.309 e. The molecule has 0 aromatic rings. The Morgan fingerprint density at radius 2 is 1.43 bits per heavy atom. The second-order valence-corrected chi connectivity index (χ2v) is 4.51. The first kappa shape index (κ1) is 13.9. The SMILES string of the molecule is CCN(CC)CCC(C)CCN(C)C. The zero-order valence-corrected chi connectivity index (χ0v) is 10.7. The fourth-order valence-electron chi connectivity index (χ4n) is 1.57. The van der Waals surface area contributed by atoms with Gasteiger partial charge in [0.2, 0.25) is 0 Å². The molecule has 0 N–H and O–H groups in total. The second kappa shape index (κ2) is 8.25. The third-order valence-corrected chi connectivity index (χ3v) is 2.90. The Labute approximate surface area is 90.3 Å². The Bertz CT molecular complexity index is 119. The van der Waals surface area contributed by atoms with Gasteiger partial charge in [-0.2, -0.15) is 0 Å². The van der Waals surface area contributed by atoms with Gasteiger partial charge in [0.1, 0.15) is 0 Å². The molecule has 0 heterocycles. The molecule has 0 fully saturated rings. The summed E-state index contributed by atoms with van der Waals surface area (Å²) in [5.41, 5.74) is 0. The van der Waals surface area contributed by atoms with Crippen molar-refractivity contribution >= 4 is 0 Å². The van der Waals surface area contributed by atoms with Gasteiger partial charge >= 0.3 is 0 Å². The highest BCUT2D eigenvalue weighted by molar-refractivity contribution is 4.59. The standard InChI is InChI=1S/C12H28N2/c1-6-14(7-2)11-9-12(3)8-10-13(4)5/h12H,6-11H2,1-5H3. The lowest BCUT2D eigenvalue weighted by Crippen LogP contribution is -2.26. The normalized spacial score (nSPS) is 13.9. The maximum Gasteiger partial charge on any atom is -0.00164 e. The predicted molar refractivity (Wildman–Crippen MR) is 64.7 cm³/mol. The average molecular weight is 200 g/mol. The molecular weight excluding hydrogens is 172 g/mol. The maximum absolute atomic E-state index is 2.51. The summed E-state index contributed by atoms with van der Waals surface area (Å²) in [6.07, 6.45) is 2.67. The Morgan fingerprint density at radius 1 is 0.929 bits per heavy atom. The molecule has 0 aliphatic carbocycles. The first-order valence-electron chi connectivity index (χ1n) is 5.97. The molecule has 0 saturated heterocycles. The van der Waals surface area contributed by atoms with Crippen LogP contribution in [0.25, 0.3) is 0 Å². The van der Waals surface area contributed by atoms with E-state index in [1.165, 1.54) is 39.0 Å². The van der Waals surface area contributed by atoms with Crippen molar-refractivity contribution in [1.29, 1.82) is 0 Å². The van der Waals surface area contributed by atoms with Gasteiger partial charge in [-0.15, -0.1) is 0 Å². The molecule has 0 aromatic carbocycles. The van der Waals surface area contributed by atoms with E-state index in [4.69, 9.17) is 0 Å². The van der Waals surface area contributed by atoms with Gasteiger partial charge in [0.15, 0.2) is 0 Å². The molecule has 1 unspecified atom stereocenters. The van der Waals surface area contributed by atoms with Crippen LogP contribution < -0.4 is 0 Å². The molecule has 0 radical (unpaired) electrons. The number of nitrogens with zero attached hydrogens (tertiary/aromatic N) is 2. The molecule has 0 aromatic heterocycles. The topological polar surface area (TPSA) is 6.48 Å². The van der Waals surface area contributed by atoms with Gasteiger partial charge < -0.3 is 9.80 Å². The van der Waals surface area contributed by atoms with Crippen molar-refractivity contribution < 1.29 is 0 Å². The highest BCUT2D eigenvalue weighted by Gasteiger charge is 2.05. The fraction of sp³-hybridized carbons (Fsp3) is 1.00. The number of rotatable bonds is 8. The van der Waals surface area contributed by atoms with Gasteiger partial charge in [0.05, 0.1) is 0 Å². The fourth-order valence-corrected chi connectivity index (χ4v) is 1.57. The Balaban J connectivity index is 3.46. The molecule has 0 amide bonds. The van der Waals surface area contributed by atoms with E-state index in [-0.39, 0.29) is 0 Å². The minimum atomic E-state index is 0.859. The highest BCUT2D eigenvalue weighted by atomic mass is 15.1. The van der Waals surface area contributed by atoms with Gasteiger partial charge in [0.25, 0.3) is 0 Å². The van der Waals surface area contributed by atoms with E-state index in [2.05, 4.69) is 44.7 Å². The quantitative estimate of drug-likeness (QED) is 0.593. The van der Waals surface area contributed by atoms with Crippen LogP contribution >= 0.6 is 0 Å². The highest BCUT2D eigenvalue weighted by Crippen LogP contribution is 2.08. The van der Waals surface area contributed by atoms with Gasteiger partial charge in [-0.3, -0.25) is 0 Å². The Hall–Kier alpha value is -0.0800. The van der Waals surface area contributed by atoms with Crippen LogP contribution in [-0.2, 0) is 0 Å². The van der Waals surface area contributed by atoms with Crippen molar-refractivity contribution in [2.24, 2.45) is 5.92 Å². The van der Waals surface area contributed by atoms with Crippen molar-refractivity contribution in [3.05, 3.63) is 0 Å². The van der Waals surface area contributed by atoms with Crippen LogP contribution in [0.5, 0.6) is 0 Å². The van der Waals surface area contributed by atoms with Crippen LogP contribution in [0.1, 0.15) is 33.6 Å². The summed E-state index contributed by atoms with van der Waals surface area (Å²) < 4.78 is 0. The van der Waals surface area contributed by atoms with Crippen LogP contribution in [0.2, 0.25) is 0 Å². The molecule has 0 bridgehead atoms. The van der Waals surface area contributed by atoms with Crippen LogP contribution in [0.3, 0.4) is 0 Å². The lowest BCUT2D eigenvalue weighted by Gasteiger charge is -2.21. The van der Waals surface area contributed by atoms with Crippen LogP contribution in [0, 0.1) is 5.92 Å².